The average Bonchev–Trinajstić information content (AvgIpc) is 2.36. The van der Waals surface area contributed by atoms with E-state index in [1.807, 2.05) is 0 Å². The molecule has 7 heteroatoms. The molecule has 0 bridgehead atoms. The fourth-order valence-electron chi connectivity index (χ4n) is 1.37. The number of halogens is 3. The van der Waals surface area contributed by atoms with Gasteiger partial charge in [0.25, 0.3) is 0 Å². The summed E-state index contributed by atoms with van der Waals surface area (Å²) in [5.41, 5.74) is 0.423. The predicted molar refractivity (Wildman–Crippen MR) is 73.6 cm³/mol. The first-order chi connectivity index (χ1) is 8.97. The van der Waals surface area contributed by atoms with Gasteiger partial charge in [0.1, 0.15) is 11.6 Å². The number of pyridine rings is 1. The Kier molecular flexibility index (Phi) is 4.01. The van der Waals surface area contributed by atoms with Crippen molar-refractivity contribution in [1.29, 1.82) is 0 Å². The SMILES string of the molecule is O=C(O)c1cnc(Nc2cc(F)ccc2Br)c(Cl)c1. The first-order valence-corrected chi connectivity index (χ1v) is 6.25. The molecule has 19 heavy (non-hydrogen) atoms. The van der Waals surface area contributed by atoms with Gasteiger partial charge in [0.2, 0.25) is 0 Å². The molecule has 0 amide bonds. The van der Waals surface area contributed by atoms with E-state index in [2.05, 4.69) is 26.2 Å². The number of benzene rings is 1. The minimum Gasteiger partial charge on any atom is -0.478 e. The summed E-state index contributed by atoms with van der Waals surface area (Å²) in [7, 11) is 0. The molecule has 2 rings (SSSR count). The van der Waals surface area contributed by atoms with Crippen LogP contribution in [0.15, 0.2) is 34.9 Å². The molecule has 2 aromatic rings. The molecule has 0 aliphatic carbocycles. The summed E-state index contributed by atoms with van der Waals surface area (Å²) < 4.78 is 13.8. The molecular formula is C12H7BrClFN2O2. The standard InChI is InChI=1S/C12H7BrClFN2O2/c13-8-2-1-7(15)4-10(8)17-11-9(14)3-6(5-16-11)12(18)19/h1-5H,(H,16,17)(H,18,19). The second-order valence-electron chi connectivity index (χ2n) is 3.61. The number of nitrogens with zero attached hydrogens (tertiary/aromatic N) is 1. The monoisotopic (exact) mass is 344 g/mol. The van der Waals surface area contributed by atoms with E-state index >= 15 is 0 Å². The van der Waals surface area contributed by atoms with Crippen LogP contribution < -0.4 is 5.32 Å². The minimum atomic E-state index is -1.12. The highest BCUT2D eigenvalue weighted by atomic mass is 79.9. The summed E-state index contributed by atoms with van der Waals surface area (Å²) in [6, 6.07) is 5.38. The fraction of sp³-hybridized carbons (Fsp3) is 0. The van der Waals surface area contributed by atoms with Gasteiger partial charge in [-0.05, 0) is 40.2 Å². The number of aromatic nitrogens is 1. The number of anilines is 2. The van der Waals surface area contributed by atoms with E-state index in [1.165, 1.54) is 30.5 Å². The lowest BCUT2D eigenvalue weighted by atomic mass is 10.2. The van der Waals surface area contributed by atoms with Gasteiger partial charge in [0.05, 0.1) is 16.3 Å². The lowest BCUT2D eigenvalue weighted by Gasteiger charge is -2.09. The molecule has 0 aliphatic heterocycles. The van der Waals surface area contributed by atoms with Crippen LogP contribution in [0.1, 0.15) is 10.4 Å². The molecule has 4 nitrogen and oxygen atoms in total. The number of nitrogens with one attached hydrogen (secondary N) is 1. The van der Waals surface area contributed by atoms with E-state index in [4.69, 9.17) is 16.7 Å². The van der Waals surface area contributed by atoms with Crippen molar-refractivity contribution < 1.29 is 14.3 Å². The average molecular weight is 346 g/mol. The van der Waals surface area contributed by atoms with E-state index in [-0.39, 0.29) is 16.4 Å². The molecule has 0 fully saturated rings. The Labute approximate surface area is 121 Å². The molecule has 0 aliphatic rings. The lowest BCUT2D eigenvalue weighted by molar-refractivity contribution is 0.0696. The number of rotatable bonds is 3. The third-order valence-corrected chi connectivity index (χ3v) is 3.25. The normalized spacial score (nSPS) is 10.3. The van der Waals surface area contributed by atoms with Gasteiger partial charge in [0, 0.05) is 10.7 Å². The van der Waals surface area contributed by atoms with Crippen LogP contribution in [0.25, 0.3) is 0 Å². The van der Waals surface area contributed by atoms with Crippen LogP contribution in [0, 0.1) is 5.82 Å². The zero-order chi connectivity index (χ0) is 14.0. The third kappa shape index (κ3) is 3.21. The van der Waals surface area contributed by atoms with E-state index < -0.39 is 11.8 Å². The molecule has 0 radical (unpaired) electrons. The van der Waals surface area contributed by atoms with E-state index in [9.17, 15) is 9.18 Å². The molecule has 0 saturated heterocycles. The van der Waals surface area contributed by atoms with Gasteiger partial charge in [0.15, 0.2) is 0 Å². The molecule has 2 N–H and O–H groups in total. The lowest BCUT2D eigenvalue weighted by Crippen LogP contribution is -2.01. The zero-order valence-corrected chi connectivity index (χ0v) is 11.7. The molecule has 1 heterocycles. The predicted octanol–water partition coefficient (Wildman–Crippen LogP) is 4.08. The van der Waals surface area contributed by atoms with Crippen LogP contribution in [0.3, 0.4) is 0 Å². The summed E-state index contributed by atoms with van der Waals surface area (Å²) >= 11 is 9.17. The van der Waals surface area contributed by atoms with Crippen LogP contribution in [-0.4, -0.2) is 16.1 Å². The van der Waals surface area contributed by atoms with Crippen LogP contribution in [0.5, 0.6) is 0 Å². The molecule has 98 valence electrons. The smallest absolute Gasteiger partial charge is 0.337 e. The van der Waals surface area contributed by atoms with Gasteiger partial charge >= 0.3 is 5.97 Å². The van der Waals surface area contributed by atoms with Crippen LogP contribution in [0.2, 0.25) is 5.02 Å². The summed E-state index contributed by atoms with van der Waals surface area (Å²) in [5.74, 6) is -1.28. The van der Waals surface area contributed by atoms with Crippen molar-refractivity contribution in [2.75, 3.05) is 5.32 Å². The van der Waals surface area contributed by atoms with Crippen molar-refractivity contribution in [1.82, 2.24) is 4.98 Å². The third-order valence-electron chi connectivity index (χ3n) is 2.27. The number of carboxylic acids is 1. The van der Waals surface area contributed by atoms with Gasteiger partial charge in [-0.2, -0.15) is 0 Å². The number of hydrogen-bond donors (Lipinski definition) is 2. The highest BCUT2D eigenvalue weighted by molar-refractivity contribution is 9.10. The summed E-state index contributed by atoms with van der Waals surface area (Å²) in [6.07, 6.45) is 1.17. The second-order valence-corrected chi connectivity index (χ2v) is 4.87. The zero-order valence-electron chi connectivity index (χ0n) is 9.32. The quantitative estimate of drug-likeness (QED) is 0.880. The topological polar surface area (TPSA) is 62.2 Å². The van der Waals surface area contributed by atoms with E-state index in [0.717, 1.165) is 0 Å². The number of hydrogen-bond acceptors (Lipinski definition) is 3. The van der Waals surface area contributed by atoms with Gasteiger partial charge in [-0.1, -0.05) is 11.6 Å². The summed E-state index contributed by atoms with van der Waals surface area (Å²) in [5, 5.41) is 11.8. The van der Waals surface area contributed by atoms with Crippen molar-refractivity contribution in [3.63, 3.8) is 0 Å². The van der Waals surface area contributed by atoms with Crippen molar-refractivity contribution in [2.45, 2.75) is 0 Å². The van der Waals surface area contributed by atoms with Crippen molar-refractivity contribution >= 4 is 45.0 Å². The maximum atomic E-state index is 13.1. The Hall–Kier alpha value is -1.66. The fourth-order valence-corrected chi connectivity index (χ4v) is 1.93. The number of carboxylic acid groups (broad SMARTS) is 1. The molecule has 1 aromatic heterocycles. The minimum absolute atomic E-state index is 0.0196. The molecule has 0 unspecified atom stereocenters. The molecule has 1 aromatic carbocycles. The Morgan fingerprint density at radius 3 is 2.79 bits per heavy atom. The molecule has 0 atom stereocenters. The molecule has 0 spiro atoms. The van der Waals surface area contributed by atoms with Gasteiger partial charge in [-0.3, -0.25) is 0 Å². The summed E-state index contributed by atoms with van der Waals surface area (Å²) in [4.78, 5) is 14.6. The van der Waals surface area contributed by atoms with Crippen LogP contribution in [-0.2, 0) is 0 Å². The Balaban J connectivity index is 2.33. The van der Waals surface area contributed by atoms with Crippen molar-refractivity contribution in [2.24, 2.45) is 0 Å². The number of carbonyl (C=O) groups is 1. The van der Waals surface area contributed by atoms with E-state index in [1.54, 1.807) is 0 Å². The second kappa shape index (κ2) is 5.54. The molecular weight excluding hydrogens is 338 g/mol. The van der Waals surface area contributed by atoms with Crippen molar-refractivity contribution in [3.8, 4) is 0 Å². The van der Waals surface area contributed by atoms with Crippen molar-refractivity contribution in [3.05, 3.63) is 51.3 Å². The van der Waals surface area contributed by atoms with Crippen LogP contribution >= 0.6 is 27.5 Å². The van der Waals surface area contributed by atoms with Gasteiger partial charge in [-0.15, -0.1) is 0 Å². The maximum Gasteiger partial charge on any atom is 0.337 e. The Morgan fingerprint density at radius 2 is 2.16 bits per heavy atom. The Morgan fingerprint density at radius 1 is 1.42 bits per heavy atom. The first-order valence-electron chi connectivity index (χ1n) is 5.08. The Bertz CT molecular complexity index is 652. The molecule has 0 saturated carbocycles. The maximum absolute atomic E-state index is 13.1. The van der Waals surface area contributed by atoms with Crippen LogP contribution in [0.4, 0.5) is 15.9 Å². The summed E-state index contributed by atoms with van der Waals surface area (Å²) in [6.45, 7) is 0. The highest BCUT2D eigenvalue weighted by Gasteiger charge is 2.10. The number of aromatic carboxylic acids is 1. The first kappa shape index (κ1) is 13.8. The van der Waals surface area contributed by atoms with Gasteiger partial charge in [-0.25, -0.2) is 14.2 Å². The van der Waals surface area contributed by atoms with E-state index in [0.29, 0.717) is 10.2 Å². The largest absolute Gasteiger partial charge is 0.478 e. The van der Waals surface area contributed by atoms with Gasteiger partial charge < -0.3 is 10.4 Å². The highest BCUT2D eigenvalue weighted by Crippen LogP contribution is 2.29.